The standard InChI is InChI=1S/C26H24N4O4/c1-2-33-23(31)16-27-26(32)24-22(34-17-20-11-7-4-8-12-20)15-21(30-25(24)28-18-29-30)14-13-19-9-5-3-6-10-19/h3-9,11-12,15,18-19H,2,10,16-17H2,1H3,(H,27,32). The molecule has 1 N–H and O–H groups in total. The van der Waals surface area contributed by atoms with Crippen molar-refractivity contribution < 1.29 is 19.1 Å². The van der Waals surface area contributed by atoms with Gasteiger partial charge >= 0.3 is 5.97 Å². The zero-order chi connectivity index (χ0) is 23.8. The van der Waals surface area contributed by atoms with Crippen LogP contribution in [0.4, 0.5) is 0 Å². The zero-order valence-electron chi connectivity index (χ0n) is 18.7. The largest absolute Gasteiger partial charge is 0.488 e. The van der Waals surface area contributed by atoms with Crippen LogP contribution >= 0.6 is 0 Å². The van der Waals surface area contributed by atoms with Gasteiger partial charge < -0.3 is 14.8 Å². The summed E-state index contributed by atoms with van der Waals surface area (Å²) in [4.78, 5) is 29.1. The van der Waals surface area contributed by atoms with Crippen molar-refractivity contribution in [1.82, 2.24) is 19.9 Å². The third-order valence-electron chi connectivity index (χ3n) is 5.04. The molecule has 0 aliphatic heterocycles. The summed E-state index contributed by atoms with van der Waals surface area (Å²) < 4.78 is 12.5. The number of pyridine rings is 1. The number of nitrogens with zero attached hydrogens (tertiary/aromatic N) is 3. The van der Waals surface area contributed by atoms with Gasteiger partial charge in [0, 0.05) is 12.0 Å². The van der Waals surface area contributed by atoms with Crippen LogP contribution in [0.2, 0.25) is 0 Å². The van der Waals surface area contributed by atoms with Crippen LogP contribution in [0.1, 0.15) is 35.0 Å². The predicted molar refractivity (Wildman–Crippen MR) is 126 cm³/mol. The minimum absolute atomic E-state index is 0.0878. The molecule has 172 valence electrons. The highest BCUT2D eigenvalue weighted by molar-refractivity contribution is 6.03. The molecule has 0 spiro atoms. The van der Waals surface area contributed by atoms with Crippen LogP contribution in [0.5, 0.6) is 5.75 Å². The molecule has 1 amide bonds. The van der Waals surface area contributed by atoms with E-state index in [1.54, 1.807) is 13.0 Å². The molecular formula is C26H24N4O4. The van der Waals surface area contributed by atoms with Gasteiger partial charge in [-0.2, -0.15) is 5.10 Å². The molecule has 0 saturated heterocycles. The molecule has 0 saturated carbocycles. The van der Waals surface area contributed by atoms with Gasteiger partial charge in [0.1, 0.15) is 36.5 Å². The Kier molecular flexibility index (Phi) is 7.35. The molecule has 1 aromatic carbocycles. The Bertz CT molecular complexity index is 1300. The van der Waals surface area contributed by atoms with Crippen LogP contribution < -0.4 is 10.1 Å². The van der Waals surface area contributed by atoms with Crippen molar-refractivity contribution in [1.29, 1.82) is 0 Å². The van der Waals surface area contributed by atoms with Crippen molar-refractivity contribution in [2.24, 2.45) is 5.92 Å². The average molecular weight is 457 g/mol. The Labute approximate surface area is 197 Å². The number of benzene rings is 1. The maximum absolute atomic E-state index is 13.1. The SMILES string of the molecule is CCOC(=O)CNC(=O)c1c(OCc2ccccc2)cc(C#CC2C=CC=CC2)n2ncnc12. The Hall–Kier alpha value is -4.38. The molecular weight excluding hydrogens is 432 g/mol. The van der Waals surface area contributed by atoms with E-state index in [2.05, 4.69) is 33.3 Å². The smallest absolute Gasteiger partial charge is 0.325 e. The molecule has 1 atom stereocenters. The Morgan fingerprint density at radius 2 is 2.09 bits per heavy atom. The topological polar surface area (TPSA) is 94.8 Å². The molecule has 0 bridgehead atoms. The van der Waals surface area contributed by atoms with E-state index >= 15 is 0 Å². The molecule has 1 aliphatic rings. The fourth-order valence-corrected chi connectivity index (χ4v) is 3.41. The lowest BCUT2D eigenvalue weighted by molar-refractivity contribution is -0.141. The van der Waals surface area contributed by atoms with Crippen LogP contribution in [0.25, 0.3) is 5.65 Å². The first-order valence-electron chi connectivity index (χ1n) is 11.0. The van der Waals surface area contributed by atoms with Crippen LogP contribution in [-0.2, 0) is 16.1 Å². The van der Waals surface area contributed by atoms with Crippen molar-refractivity contribution in [3.63, 3.8) is 0 Å². The molecule has 0 fully saturated rings. The molecule has 34 heavy (non-hydrogen) atoms. The van der Waals surface area contributed by atoms with Gasteiger partial charge in [-0.1, -0.05) is 60.6 Å². The van der Waals surface area contributed by atoms with Gasteiger partial charge in [-0.3, -0.25) is 9.59 Å². The lowest BCUT2D eigenvalue weighted by Crippen LogP contribution is -2.31. The zero-order valence-corrected chi connectivity index (χ0v) is 18.7. The average Bonchev–Trinajstić information content (AvgIpc) is 3.36. The molecule has 0 radical (unpaired) electrons. The molecule has 1 aliphatic carbocycles. The van der Waals surface area contributed by atoms with E-state index in [1.165, 1.54) is 10.8 Å². The summed E-state index contributed by atoms with van der Waals surface area (Å²) in [5.74, 6) is 5.72. The first kappa shape index (κ1) is 22.8. The maximum atomic E-state index is 13.1. The van der Waals surface area contributed by atoms with Gasteiger partial charge in [0.25, 0.3) is 5.91 Å². The van der Waals surface area contributed by atoms with Crippen LogP contribution in [-0.4, -0.2) is 39.6 Å². The summed E-state index contributed by atoms with van der Waals surface area (Å²) >= 11 is 0. The summed E-state index contributed by atoms with van der Waals surface area (Å²) in [5, 5.41) is 6.83. The van der Waals surface area contributed by atoms with E-state index in [0.29, 0.717) is 11.4 Å². The van der Waals surface area contributed by atoms with Gasteiger partial charge in [-0.25, -0.2) is 9.50 Å². The number of esters is 1. The normalized spacial score (nSPS) is 14.3. The van der Waals surface area contributed by atoms with E-state index in [0.717, 1.165) is 12.0 Å². The molecule has 1 unspecified atom stereocenters. The van der Waals surface area contributed by atoms with Crippen LogP contribution in [0, 0.1) is 17.8 Å². The number of hydrogen-bond acceptors (Lipinski definition) is 6. The lowest BCUT2D eigenvalue weighted by Gasteiger charge is -2.14. The number of rotatable bonds is 7. The van der Waals surface area contributed by atoms with Crippen LogP contribution in [0.3, 0.4) is 0 Å². The summed E-state index contributed by atoms with van der Waals surface area (Å²) in [7, 11) is 0. The predicted octanol–water partition coefficient (Wildman–Crippen LogP) is 3.09. The fraction of sp³-hybridized carbons (Fsp3) is 0.231. The summed E-state index contributed by atoms with van der Waals surface area (Å²) in [6, 6.07) is 11.3. The number of carbonyl (C=O) groups is 2. The third kappa shape index (κ3) is 5.51. The van der Waals surface area contributed by atoms with Gasteiger partial charge in [0.15, 0.2) is 5.65 Å². The number of hydrogen-bond donors (Lipinski definition) is 1. The molecule has 2 heterocycles. The van der Waals surface area contributed by atoms with E-state index in [-0.39, 0.29) is 36.9 Å². The van der Waals surface area contributed by atoms with Crippen molar-refractivity contribution in [2.45, 2.75) is 20.0 Å². The van der Waals surface area contributed by atoms with Crippen molar-refractivity contribution in [3.05, 3.63) is 83.9 Å². The first-order valence-corrected chi connectivity index (χ1v) is 11.0. The van der Waals surface area contributed by atoms with Crippen molar-refractivity contribution in [3.8, 4) is 17.6 Å². The highest BCUT2D eigenvalue weighted by atomic mass is 16.5. The van der Waals surface area contributed by atoms with E-state index in [1.807, 2.05) is 48.6 Å². The summed E-state index contributed by atoms with van der Waals surface area (Å²) in [6.45, 7) is 1.91. The van der Waals surface area contributed by atoms with Gasteiger partial charge in [0.2, 0.25) is 0 Å². The second-order valence-corrected chi connectivity index (χ2v) is 7.45. The minimum Gasteiger partial charge on any atom is -0.488 e. The highest BCUT2D eigenvalue weighted by Crippen LogP contribution is 2.26. The Morgan fingerprint density at radius 1 is 1.24 bits per heavy atom. The third-order valence-corrected chi connectivity index (χ3v) is 5.04. The number of amides is 1. The number of fused-ring (bicyclic) bond motifs is 1. The number of allylic oxidation sites excluding steroid dienone is 4. The Morgan fingerprint density at radius 3 is 2.85 bits per heavy atom. The van der Waals surface area contributed by atoms with E-state index < -0.39 is 11.9 Å². The Balaban J connectivity index is 1.69. The van der Waals surface area contributed by atoms with E-state index in [4.69, 9.17) is 9.47 Å². The quantitative estimate of drug-likeness (QED) is 0.434. The van der Waals surface area contributed by atoms with Crippen molar-refractivity contribution in [2.75, 3.05) is 13.2 Å². The molecule has 8 heteroatoms. The molecule has 8 nitrogen and oxygen atoms in total. The summed E-state index contributed by atoms with van der Waals surface area (Å²) in [5.41, 5.74) is 1.94. The number of nitrogens with one attached hydrogen (secondary N) is 1. The number of carbonyl (C=O) groups excluding carboxylic acids is 2. The fourth-order valence-electron chi connectivity index (χ4n) is 3.41. The van der Waals surface area contributed by atoms with E-state index in [9.17, 15) is 9.59 Å². The highest BCUT2D eigenvalue weighted by Gasteiger charge is 2.22. The molecule has 2 aromatic heterocycles. The van der Waals surface area contributed by atoms with Crippen molar-refractivity contribution >= 4 is 17.5 Å². The van der Waals surface area contributed by atoms with Gasteiger partial charge in [0.05, 0.1) is 6.61 Å². The second-order valence-electron chi connectivity index (χ2n) is 7.45. The second kappa shape index (κ2) is 11.0. The molecule has 4 rings (SSSR count). The maximum Gasteiger partial charge on any atom is 0.325 e. The number of ether oxygens (including phenoxy) is 2. The van der Waals surface area contributed by atoms with Gasteiger partial charge in [-0.15, -0.1) is 0 Å². The van der Waals surface area contributed by atoms with Gasteiger partial charge in [-0.05, 0) is 24.8 Å². The summed E-state index contributed by atoms with van der Waals surface area (Å²) in [6.07, 6.45) is 10.3. The number of aromatic nitrogens is 3. The van der Waals surface area contributed by atoms with Crippen LogP contribution in [0.15, 0.2) is 67.0 Å². The monoisotopic (exact) mass is 456 g/mol. The lowest BCUT2D eigenvalue weighted by atomic mass is 10.0. The molecule has 3 aromatic rings. The minimum atomic E-state index is -0.530. The first-order chi connectivity index (χ1) is 16.7.